The Kier molecular flexibility index (Phi) is 7.44. The molecule has 0 saturated heterocycles. The Labute approximate surface area is 149 Å². The number of hydrogen-bond donors (Lipinski definition) is 1. The molecule has 1 atom stereocenters. The van der Waals surface area contributed by atoms with Crippen molar-refractivity contribution in [1.29, 1.82) is 0 Å². The van der Waals surface area contributed by atoms with Crippen LogP contribution in [0.15, 0.2) is 54.6 Å². The second-order valence-corrected chi connectivity index (χ2v) is 6.15. The molecule has 1 N–H and O–H groups in total. The molecule has 2 rings (SSSR count). The zero-order valence-electron chi connectivity index (χ0n) is 14.3. The molecule has 0 fully saturated rings. The molecule has 2 aromatic rings. The Morgan fingerprint density at radius 3 is 2.25 bits per heavy atom. The molecular formula is C20H25ClN2O. The number of carbonyl (C=O) groups excluding carboxylic acids is 1. The second-order valence-electron chi connectivity index (χ2n) is 5.71. The smallest absolute Gasteiger partial charge is 0.176 e. The minimum absolute atomic E-state index is 0.116. The lowest BCUT2D eigenvalue weighted by Gasteiger charge is -2.30. The summed E-state index contributed by atoms with van der Waals surface area (Å²) in [5.41, 5.74) is 1.96. The first-order valence-electron chi connectivity index (χ1n) is 8.44. The lowest BCUT2D eigenvalue weighted by atomic mass is 10.0. The van der Waals surface area contributed by atoms with Gasteiger partial charge in [-0.05, 0) is 30.8 Å². The third kappa shape index (κ3) is 5.17. The molecule has 24 heavy (non-hydrogen) atoms. The van der Waals surface area contributed by atoms with Gasteiger partial charge < -0.3 is 5.32 Å². The van der Waals surface area contributed by atoms with Crippen LogP contribution in [-0.2, 0) is 0 Å². The van der Waals surface area contributed by atoms with Crippen molar-refractivity contribution in [2.24, 2.45) is 0 Å². The molecule has 128 valence electrons. The van der Waals surface area contributed by atoms with Gasteiger partial charge in [0.1, 0.15) is 0 Å². The summed E-state index contributed by atoms with van der Waals surface area (Å²) in [5.74, 6) is 0.116. The average molecular weight is 345 g/mol. The van der Waals surface area contributed by atoms with Gasteiger partial charge in [0, 0.05) is 23.2 Å². The molecule has 0 bridgehead atoms. The van der Waals surface area contributed by atoms with E-state index in [0.29, 0.717) is 6.54 Å². The number of likely N-dealkylation sites (N-methyl/N-ethyl adjacent to an activating group) is 1. The van der Waals surface area contributed by atoms with Crippen LogP contribution in [0.3, 0.4) is 0 Å². The monoisotopic (exact) mass is 344 g/mol. The average Bonchev–Trinajstić information content (AvgIpc) is 2.62. The van der Waals surface area contributed by atoms with Crippen LogP contribution >= 0.6 is 11.6 Å². The molecular weight excluding hydrogens is 320 g/mol. The molecule has 1 unspecified atom stereocenters. The fourth-order valence-corrected chi connectivity index (χ4v) is 2.98. The Morgan fingerprint density at radius 1 is 1.04 bits per heavy atom. The molecule has 2 aromatic carbocycles. The SMILES string of the molecule is CCN(CC)C(CNCC(=O)c1ccccc1)c1ccc(Cl)cc1. The van der Waals surface area contributed by atoms with Gasteiger partial charge in [-0.15, -0.1) is 0 Å². The Balaban J connectivity index is 2.00. The number of halogens is 1. The highest BCUT2D eigenvalue weighted by molar-refractivity contribution is 6.30. The summed E-state index contributed by atoms with van der Waals surface area (Å²) in [7, 11) is 0. The summed E-state index contributed by atoms with van der Waals surface area (Å²) < 4.78 is 0. The first kappa shape index (κ1) is 18.7. The van der Waals surface area contributed by atoms with E-state index in [1.54, 1.807) is 0 Å². The number of carbonyl (C=O) groups is 1. The van der Waals surface area contributed by atoms with Crippen LogP contribution in [-0.4, -0.2) is 36.9 Å². The number of Topliss-reactive ketones (excluding diaryl/α,β-unsaturated/α-hetero) is 1. The Morgan fingerprint density at radius 2 is 1.67 bits per heavy atom. The normalized spacial score (nSPS) is 12.3. The fourth-order valence-electron chi connectivity index (χ4n) is 2.86. The first-order valence-corrected chi connectivity index (χ1v) is 8.82. The maximum Gasteiger partial charge on any atom is 0.176 e. The van der Waals surface area contributed by atoms with Crippen molar-refractivity contribution in [2.75, 3.05) is 26.2 Å². The molecule has 0 saturated carbocycles. The number of benzene rings is 2. The highest BCUT2D eigenvalue weighted by Gasteiger charge is 2.18. The molecule has 0 aliphatic heterocycles. The highest BCUT2D eigenvalue weighted by atomic mass is 35.5. The molecule has 0 amide bonds. The number of hydrogen-bond acceptors (Lipinski definition) is 3. The molecule has 4 heteroatoms. The lowest BCUT2D eigenvalue weighted by molar-refractivity contribution is 0.0987. The van der Waals surface area contributed by atoms with Crippen LogP contribution in [0, 0.1) is 0 Å². The van der Waals surface area contributed by atoms with E-state index in [4.69, 9.17) is 11.6 Å². The number of rotatable bonds is 9. The molecule has 0 radical (unpaired) electrons. The van der Waals surface area contributed by atoms with E-state index in [0.717, 1.165) is 30.2 Å². The van der Waals surface area contributed by atoms with Crippen molar-refractivity contribution in [3.8, 4) is 0 Å². The van der Waals surface area contributed by atoms with E-state index in [1.165, 1.54) is 5.56 Å². The van der Waals surface area contributed by atoms with Crippen LogP contribution in [0.25, 0.3) is 0 Å². The van der Waals surface area contributed by atoms with Gasteiger partial charge in [0.2, 0.25) is 0 Å². The van der Waals surface area contributed by atoms with Crippen LogP contribution in [0.4, 0.5) is 0 Å². The van der Waals surface area contributed by atoms with Crippen LogP contribution in [0.2, 0.25) is 5.02 Å². The number of nitrogens with one attached hydrogen (secondary N) is 1. The Bertz CT molecular complexity index is 624. The third-order valence-electron chi connectivity index (χ3n) is 4.23. The quantitative estimate of drug-likeness (QED) is 0.692. The summed E-state index contributed by atoms with van der Waals surface area (Å²) in [6, 6.07) is 17.6. The second kappa shape index (κ2) is 9.58. The maximum absolute atomic E-state index is 12.2. The van der Waals surface area contributed by atoms with Gasteiger partial charge in [-0.3, -0.25) is 9.69 Å². The maximum atomic E-state index is 12.2. The van der Waals surface area contributed by atoms with E-state index in [2.05, 4.69) is 36.2 Å². The summed E-state index contributed by atoms with van der Waals surface area (Å²) in [5, 5.41) is 4.06. The zero-order chi connectivity index (χ0) is 17.4. The molecule has 0 aromatic heterocycles. The van der Waals surface area contributed by atoms with Crippen LogP contribution in [0.5, 0.6) is 0 Å². The van der Waals surface area contributed by atoms with Gasteiger partial charge in [0.15, 0.2) is 5.78 Å². The minimum Gasteiger partial charge on any atom is -0.308 e. The van der Waals surface area contributed by atoms with Crippen LogP contribution in [0.1, 0.15) is 35.8 Å². The molecule has 0 aliphatic carbocycles. The summed E-state index contributed by atoms with van der Waals surface area (Å²) >= 11 is 6.00. The van der Waals surface area contributed by atoms with Gasteiger partial charge in [0.25, 0.3) is 0 Å². The van der Waals surface area contributed by atoms with Crippen molar-refractivity contribution >= 4 is 17.4 Å². The predicted octanol–water partition coefficient (Wildman–Crippen LogP) is 4.20. The van der Waals surface area contributed by atoms with Gasteiger partial charge in [-0.25, -0.2) is 0 Å². The van der Waals surface area contributed by atoms with Crippen molar-refractivity contribution < 1.29 is 4.79 Å². The van der Waals surface area contributed by atoms with Gasteiger partial charge >= 0.3 is 0 Å². The minimum atomic E-state index is 0.116. The summed E-state index contributed by atoms with van der Waals surface area (Å²) in [6.45, 7) is 7.29. The standard InChI is InChI=1S/C20H25ClN2O/c1-3-23(4-2)19(16-10-12-18(21)13-11-16)14-22-15-20(24)17-8-6-5-7-9-17/h5-13,19,22H,3-4,14-15H2,1-2H3. The summed E-state index contributed by atoms with van der Waals surface area (Å²) in [6.07, 6.45) is 0. The number of ketones is 1. The highest BCUT2D eigenvalue weighted by Crippen LogP contribution is 2.21. The van der Waals surface area contributed by atoms with E-state index >= 15 is 0 Å². The van der Waals surface area contributed by atoms with E-state index < -0.39 is 0 Å². The van der Waals surface area contributed by atoms with Crippen LogP contribution < -0.4 is 5.32 Å². The van der Waals surface area contributed by atoms with Gasteiger partial charge in [0.05, 0.1) is 6.54 Å². The number of nitrogens with zero attached hydrogens (tertiary/aromatic N) is 1. The molecule has 0 heterocycles. The third-order valence-corrected chi connectivity index (χ3v) is 4.48. The molecule has 0 aliphatic rings. The van der Waals surface area contributed by atoms with Gasteiger partial charge in [-0.1, -0.05) is 67.9 Å². The van der Waals surface area contributed by atoms with Crippen molar-refractivity contribution in [1.82, 2.24) is 10.2 Å². The van der Waals surface area contributed by atoms with Crippen molar-refractivity contribution in [3.63, 3.8) is 0 Å². The first-order chi connectivity index (χ1) is 11.7. The zero-order valence-corrected chi connectivity index (χ0v) is 15.1. The predicted molar refractivity (Wildman–Crippen MR) is 101 cm³/mol. The molecule has 3 nitrogen and oxygen atoms in total. The molecule has 0 spiro atoms. The largest absolute Gasteiger partial charge is 0.308 e. The Hall–Kier alpha value is -1.68. The topological polar surface area (TPSA) is 32.3 Å². The summed E-state index contributed by atoms with van der Waals surface area (Å²) in [4.78, 5) is 14.6. The van der Waals surface area contributed by atoms with Crippen molar-refractivity contribution in [3.05, 3.63) is 70.7 Å². The lowest BCUT2D eigenvalue weighted by Crippen LogP contribution is -2.37. The fraction of sp³-hybridized carbons (Fsp3) is 0.350. The van der Waals surface area contributed by atoms with Gasteiger partial charge in [-0.2, -0.15) is 0 Å². The van der Waals surface area contributed by atoms with E-state index in [1.807, 2.05) is 42.5 Å². The van der Waals surface area contributed by atoms with E-state index in [-0.39, 0.29) is 11.8 Å². The van der Waals surface area contributed by atoms with Crippen molar-refractivity contribution in [2.45, 2.75) is 19.9 Å². The van der Waals surface area contributed by atoms with E-state index in [9.17, 15) is 4.79 Å².